The number of hydrogen-bond acceptors (Lipinski definition) is 6. The smallest absolute Gasteiger partial charge is 0.148 e. The van der Waals surface area contributed by atoms with Gasteiger partial charge in [-0.25, -0.2) is 15.8 Å². The zero-order chi connectivity index (χ0) is 14.0. The van der Waals surface area contributed by atoms with Crippen LogP contribution in [-0.2, 0) is 0 Å². The molecule has 0 amide bonds. The van der Waals surface area contributed by atoms with Crippen molar-refractivity contribution in [3.05, 3.63) is 11.4 Å². The Morgan fingerprint density at radius 1 is 1.32 bits per heavy atom. The molecule has 1 fully saturated rings. The summed E-state index contributed by atoms with van der Waals surface area (Å²) in [6.45, 7) is 5.00. The predicted molar refractivity (Wildman–Crippen MR) is 78.2 cm³/mol. The predicted octanol–water partition coefficient (Wildman–Crippen LogP) is 1.31. The molecule has 0 radical (unpaired) electrons. The number of nitrogen functional groups attached to an aromatic ring is 1. The van der Waals surface area contributed by atoms with Crippen molar-refractivity contribution in [2.24, 2.45) is 5.84 Å². The van der Waals surface area contributed by atoms with E-state index in [1.54, 1.807) is 0 Å². The van der Waals surface area contributed by atoms with Crippen LogP contribution in [0.15, 0.2) is 0 Å². The quantitative estimate of drug-likeness (QED) is 0.531. The van der Waals surface area contributed by atoms with Gasteiger partial charge in [0, 0.05) is 24.1 Å². The Morgan fingerprint density at radius 2 is 1.95 bits per heavy atom. The fraction of sp³-hybridized carbons (Fsp3) is 0.692. The maximum absolute atomic E-state index is 5.54. The van der Waals surface area contributed by atoms with Crippen molar-refractivity contribution < 1.29 is 0 Å². The number of nitrogens with two attached hydrogens (primary N) is 1. The molecular formula is C13H24N6. The Balaban J connectivity index is 2.15. The summed E-state index contributed by atoms with van der Waals surface area (Å²) in [5, 5.41) is 3.40. The molecule has 1 aromatic rings. The summed E-state index contributed by atoms with van der Waals surface area (Å²) in [6.07, 6.45) is 2.36. The SMILES string of the molecule is Cc1c(NN)nc(C2CC2)nc1NCC(C)N(C)C. The number of anilines is 2. The zero-order valence-corrected chi connectivity index (χ0v) is 12.2. The van der Waals surface area contributed by atoms with Crippen molar-refractivity contribution in [2.75, 3.05) is 31.4 Å². The Labute approximate surface area is 114 Å². The van der Waals surface area contributed by atoms with E-state index in [1.807, 2.05) is 6.92 Å². The molecule has 1 aliphatic rings. The van der Waals surface area contributed by atoms with Gasteiger partial charge in [0.25, 0.3) is 0 Å². The first-order valence-electron chi connectivity index (χ1n) is 6.78. The maximum atomic E-state index is 5.54. The minimum Gasteiger partial charge on any atom is -0.368 e. The Bertz CT molecular complexity index is 441. The highest BCUT2D eigenvalue weighted by molar-refractivity contribution is 5.57. The largest absolute Gasteiger partial charge is 0.368 e. The topological polar surface area (TPSA) is 79.1 Å². The van der Waals surface area contributed by atoms with Crippen LogP contribution in [0.25, 0.3) is 0 Å². The highest BCUT2D eigenvalue weighted by atomic mass is 15.3. The Morgan fingerprint density at radius 3 is 2.47 bits per heavy atom. The molecule has 6 nitrogen and oxygen atoms in total. The molecular weight excluding hydrogens is 240 g/mol. The van der Waals surface area contributed by atoms with Crippen LogP contribution in [0.3, 0.4) is 0 Å². The molecule has 6 heteroatoms. The number of nitrogens with one attached hydrogen (secondary N) is 2. The molecule has 0 spiro atoms. The second-order valence-corrected chi connectivity index (χ2v) is 5.52. The van der Waals surface area contributed by atoms with Crippen LogP contribution >= 0.6 is 0 Å². The molecule has 1 unspecified atom stereocenters. The number of aromatic nitrogens is 2. The van der Waals surface area contributed by atoms with Crippen LogP contribution in [0.4, 0.5) is 11.6 Å². The second kappa shape index (κ2) is 5.71. The van der Waals surface area contributed by atoms with Crippen LogP contribution in [0, 0.1) is 6.92 Å². The van der Waals surface area contributed by atoms with Crippen LogP contribution in [0.1, 0.15) is 37.1 Å². The molecule has 1 aliphatic carbocycles. The van der Waals surface area contributed by atoms with E-state index in [1.165, 1.54) is 12.8 Å². The summed E-state index contributed by atoms with van der Waals surface area (Å²) >= 11 is 0. The summed E-state index contributed by atoms with van der Waals surface area (Å²) in [5.41, 5.74) is 3.64. The van der Waals surface area contributed by atoms with Gasteiger partial charge in [-0.1, -0.05) is 0 Å². The van der Waals surface area contributed by atoms with Gasteiger partial charge in [0.2, 0.25) is 0 Å². The summed E-state index contributed by atoms with van der Waals surface area (Å²) in [6, 6.07) is 0.438. The third-order valence-electron chi connectivity index (χ3n) is 3.69. The van der Waals surface area contributed by atoms with E-state index in [9.17, 15) is 0 Å². The minimum absolute atomic E-state index is 0.438. The normalized spacial score (nSPS) is 16.5. The number of likely N-dealkylation sites (N-methyl/N-ethyl adjacent to an activating group) is 1. The number of nitrogens with zero attached hydrogens (tertiary/aromatic N) is 3. The molecule has 19 heavy (non-hydrogen) atoms. The first kappa shape index (κ1) is 14.0. The minimum atomic E-state index is 0.438. The Hall–Kier alpha value is -1.40. The standard InChI is InChI=1S/C13H24N6/c1-8(19(3)4)7-15-11-9(2)12(18-14)17-13(16-11)10-5-6-10/h8,10H,5-7,14H2,1-4H3,(H2,15,16,17,18). The molecule has 1 saturated carbocycles. The van der Waals surface area contributed by atoms with Crippen molar-refractivity contribution in [1.29, 1.82) is 0 Å². The van der Waals surface area contributed by atoms with E-state index in [4.69, 9.17) is 5.84 Å². The summed E-state index contributed by atoms with van der Waals surface area (Å²) in [4.78, 5) is 11.3. The van der Waals surface area contributed by atoms with Crippen LogP contribution in [0.5, 0.6) is 0 Å². The van der Waals surface area contributed by atoms with Gasteiger partial charge in [0.15, 0.2) is 0 Å². The van der Waals surface area contributed by atoms with E-state index in [2.05, 4.69) is 46.6 Å². The number of hydrogen-bond donors (Lipinski definition) is 3. The van der Waals surface area contributed by atoms with E-state index < -0.39 is 0 Å². The fourth-order valence-corrected chi connectivity index (χ4v) is 1.80. The lowest BCUT2D eigenvalue weighted by Crippen LogP contribution is -2.32. The molecule has 1 atom stereocenters. The summed E-state index contributed by atoms with van der Waals surface area (Å²) in [7, 11) is 4.14. The second-order valence-electron chi connectivity index (χ2n) is 5.52. The third-order valence-corrected chi connectivity index (χ3v) is 3.69. The van der Waals surface area contributed by atoms with Gasteiger partial charge in [-0.05, 0) is 40.8 Å². The van der Waals surface area contributed by atoms with E-state index >= 15 is 0 Å². The first-order valence-corrected chi connectivity index (χ1v) is 6.78. The van der Waals surface area contributed by atoms with Crippen LogP contribution < -0.4 is 16.6 Å². The highest BCUT2D eigenvalue weighted by Crippen LogP contribution is 2.39. The van der Waals surface area contributed by atoms with Gasteiger partial charge in [-0.15, -0.1) is 0 Å². The van der Waals surface area contributed by atoms with E-state index in [0.717, 1.165) is 29.6 Å². The number of rotatable bonds is 6. The lowest BCUT2D eigenvalue weighted by Gasteiger charge is -2.21. The molecule has 0 aliphatic heterocycles. The molecule has 0 aromatic carbocycles. The van der Waals surface area contributed by atoms with Crippen molar-refractivity contribution in [3.63, 3.8) is 0 Å². The fourth-order valence-electron chi connectivity index (χ4n) is 1.80. The van der Waals surface area contributed by atoms with Gasteiger partial charge in [-0.2, -0.15) is 0 Å². The number of hydrazine groups is 1. The zero-order valence-electron chi connectivity index (χ0n) is 12.2. The molecule has 1 heterocycles. The highest BCUT2D eigenvalue weighted by Gasteiger charge is 2.28. The average Bonchev–Trinajstić information content (AvgIpc) is 3.21. The maximum Gasteiger partial charge on any atom is 0.148 e. The van der Waals surface area contributed by atoms with Gasteiger partial charge in [-0.3, -0.25) is 0 Å². The van der Waals surface area contributed by atoms with Crippen molar-refractivity contribution in [1.82, 2.24) is 14.9 Å². The van der Waals surface area contributed by atoms with Gasteiger partial charge in [0.1, 0.15) is 17.5 Å². The molecule has 0 bridgehead atoms. The van der Waals surface area contributed by atoms with E-state index in [0.29, 0.717) is 12.0 Å². The molecule has 0 saturated heterocycles. The molecule has 106 valence electrons. The van der Waals surface area contributed by atoms with Crippen molar-refractivity contribution >= 4 is 11.6 Å². The van der Waals surface area contributed by atoms with Gasteiger partial charge >= 0.3 is 0 Å². The van der Waals surface area contributed by atoms with Gasteiger partial charge in [0.05, 0.1) is 0 Å². The van der Waals surface area contributed by atoms with Crippen LogP contribution in [-0.4, -0.2) is 41.5 Å². The molecule has 4 N–H and O–H groups in total. The lowest BCUT2D eigenvalue weighted by molar-refractivity contribution is 0.326. The summed E-state index contributed by atoms with van der Waals surface area (Å²) < 4.78 is 0. The average molecular weight is 264 g/mol. The summed E-state index contributed by atoms with van der Waals surface area (Å²) in [5.74, 6) is 8.56. The monoisotopic (exact) mass is 264 g/mol. The van der Waals surface area contributed by atoms with Crippen LogP contribution in [0.2, 0.25) is 0 Å². The lowest BCUT2D eigenvalue weighted by atomic mass is 10.2. The van der Waals surface area contributed by atoms with E-state index in [-0.39, 0.29) is 0 Å². The Kier molecular flexibility index (Phi) is 4.21. The third kappa shape index (κ3) is 3.33. The van der Waals surface area contributed by atoms with Crippen molar-refractivity contribution in [3.8, 4) is 0 Å². The van der Waals surface area contributed by atoms with Gasteiger partial charge < -0.3 is 15.6 Å². The van der Waals surface area contributed by atoms with Crippen molar-refractivity contribution in [2.45, 2.75) is 38.6 Å². The first-order chi connectivity index (χ1) is 9.02. The molecule has 1 aromatic heterocycles. The molecule has 2 rings (SSSR count).